The monoisotopic (exact) mass is 386 g/mol. The molecule has 4 nitrogen and oxygen atoms in total. The summed E-state index contributed by atoms with van der Waals surface area (Å²) in [5.41, 5.74) is 3.03. The van der Waals surface area contributed by atoms with E-state index in [0.29, 0.717) is 18.7 Å². The van der Waals surface area contributed by atoms with Gasteiger partial charge in [0.15, 0.2) is 0 Å². The smallest absolute Gasteiger partial charge is 0.387 e. The highest BCUT2D eigenvalue weighted by atomic mass is 19.3. The van der Waals surface area contributed by atoms with Gasteiger partial charge in [-0.15, -0.1) is 0 Å². The van der Waals surface area contributed by atoms with Crippen molar-refractivity contribution in [1.29, 1.82) is 0 Å². The summed E-state index contributed by atoms with van der Waals surface area (Å²) in [7, 11) is 0. The van der Waals surface area contributed by atoms with Crippen LogP contribution >= 0.6 is 0 Å². The maximum absolute atomic E-state index is 12.5. The number of hydrogen-bond acceptors (Lipinski definition) is 3. The van der Waals surface area contributed by atoms with Gasteiger partial charge in [0.05, 0.1) is 0 Å². The minimum absolute atomic E-state index is 0.0598. The Kier molecular flexibility index (Phi) is 6.76. The molecule has 0 bridgehead atoms. The molecule has 0 atom stereocenters. The summed E-state index contributed by atoms with van der Waals surface area (Å²) in [5, 5.41) is 0. The third kappa shape index (κ3) is 5.39. The Balaban J connectivity index is 1.54. The van der Waals surface area contributed by atoms with Crippen molar-refractivity contribution in [3.05, 3.63) is 71.3 Å². The first-order chi connectivity index (χ1) is 13.5. The molecule has 0 saturated carbocycles. The fourth-order valence-electron chi connectivity index (χ4n) is 3.24. The lowest BCUT2D eigenvalue weighted by molar-refractivity contribution is -0.127. The molecule has 0 spiro atoms. The van der Waals surface area contributed by atoms with Gasteiger partial charge in [0.2, 0.25) is 5.91 Å². The molecule has 1 amide bonds. The number of alkyl halides is 2. The molecule has 0 N–H and O–H groups in total. The standard InChI is InChI=1S/C22H24F2N2O2/c1-17-6-2-3-8-19(17)16-25-12-14-26(15-13-25)21(27)11-10-18-7-4-5-9-20(18)28-22(23)24/h2-11,22H,12-16H2,1H3. The lowest BCUT2D eigenvalue weighted by Gasteiger charge is -2.34. The average Bonchev–Trinajstić information content (AvgIpc) is 2.69. The van der Waals surface area contributed by atoms with E-state index < -0.39 is 6.61 Å². The second kappa shape index (κ2) is 9.46. The van der Waals surface area contributed by atoms with Crippen LogP contribution in [0.15, 0.2) is 54.6 Å². The van der Waals surface area contributed by atoms with Gasteiger partial charge in [-0.3, -0.25) is 9.69 Å². The van der Waals surface area contributed by atoms with Crippen LogP contribution in [0.1, 0.15) is 16.7 Å². The third-order valence-corrected chi connectivity index (χ3v) is 4.88. The molecule has 148 valence electrons. The summed E-state index contributed by atoms with van der Waals surface area (Å²) in [5.74, 6) is -0.0630. The molecule has 3 rings (SSSR count). The number of ether oxygens (including phenoxy) is 1. The first-order valence-corrected chi connectivity index (χ1v) is 9.30. The van der Waals surface area contributed by atoms with E-state index in [9.17, 15) is 13.6 Å². The third-order valence-electron chi connectivity index (χ3n) is 4.88. The van der Waals surface area contributed by atoms with Crippen LogP contribution in [0.2, 0.25) is 0 Å². The van der Waals surface area contributed by atoms with Crippen LogP contribution in [0.4, 0.5) is 8.78 Å². The molecule has 2 aromatic rings. The number of carbonyl (C=O) groups is 1. The number of halogens is 2. The molecule has 6 heteroatoms. The number of nitrogens with zero attached hydrogens (tertiary/aromatic N) is 2. The quantitative estimate of drug-likeness (QED) is 0.705. The maximum atomic E-state index is 12.5. The second-order valence-corrected chi connectivity index (χ2v) is 6.78. The lowest BCUT2D eigenvalue weighted by atomic mass is 10.1. The van der Waals surface area contributed by atoms with Crippen LogP contribution in [0.3, 0.4) is 0 Å². The summed E-state index contributed by atoms with van der Waals surface area (Å²) in [4.78, 5) is 16.6. The number of carbonyl (C=O) groups excluding carboxylic acids is 1. The van der Waals surface area contributed by atoms with Crippen LogP contribution in [0.5, 0.6) is 5.75 Å². The molecule has 0 radical (unpaired) electrons. The van der Waals surface area contributed by atoms with E-state index in [1.165, 1.54) is 29.3 Å². The van der Waals surface area contributed by atoms with Crippen molar-refractivity contribution in [3.8, 4) is 5.75 Å². The molecule has 1 aliphatic heterocycles. The molecule has 0 aromatic heterocycles. The predicted octanol–water partition coefficient (Wildman–Crippen LogP) is 3.95. The summed E-state index contributed by atoms with van der Waals surface area (Å²) in [6.45, 7) is 2.98. The Morgan fingerprint density at radius 1 is 1.07 bits per heavy atom. The van der Waals surface area contributed by atoms with E-state index in [1.54, 1.807) is 23.1 Å². The number of rotatable bonds is 6. The Hall–Kier alpha value is -2.73. The molecule has 1 aliphatic rings. The van der Waals surface area contributed by atoms with Crippen LogP contribution in [0, 0.1) is 6.92 Å². The van der Waals surface area contributed by atoms with Gasteiger partial charge in [-0.05, 0) is 30.2 Å². The fraction of sp³-hybridized carbons (Fsp3) is 0.318. The van der Waals surface area contributed by atoms with Crippen molar-refractivity contribution in [1.82, 2.24) is 9.80 Å². The zero-order valence-electron chi connectivity index (χ0n) is 15.9. The highest BCUT2D eigenvalue weighted by Gasteiger charge is 2.20. The number of para-hydroxylation sites is 1. The highest BCUT2D eigenvalue weighted by molar-refractivity contribution is 5.92. The minimum Gasteiger partial charge on any atom is -0.434 e. The van der Waals surface area contributed by atoms with Gasteiger partial charge < -0.3 is 9.64 Å². The normalized spacial score (nSPS) is 15.4. The van der Waals surface area contributed by atoms with Crippen molar-refractivity contribution in [2.75, 3.05) is 26.2 Å². The summed E-state index contributed by atoms with van der Waals surface area (Å²) < 4.78 is 29.5. The largest absolute Gasteiger partial charge is 0.434 e. The van der Waals surface area contributed by atoms with Gasteiger partial charge in [0.25, 0.3) is 0 Å². The van der Waals surface area contributed by atoms with Gasteiger partial charge in [0, 0.05) is 44.4 Å². The Bertz CT molecular complexity index is 831. The Morgan fingerprint density at radius 2 is 1.75 bits per heavy atom. The van der Waals surface area contributed by atoms with Crippen LogP contribution < -0.4 is 4.74 Å². The molecule has 28 heavy (non-hydrogen) atoms. The van der Waals surface area contributed by atoms with E-state index in [-0.39, 0.29) is 11.7 Å². The fourth-order valence-corrected chi connectivity index (χ4v) is 3.24. The number of piperazine rings is 1. The predicted molar refractivity (Wildman–Crippen MR) is 105 cm³/mol. The van der Waals surface area contributed by atoms with Crippen molar-refractivity contribution in [3.63, 3.8) is 0 Å². The zero-order chi connectivity index (χ0) is 19.9. The Morgan fingerprint density at radius 3 is 2.46 bits per heavy atom. The van der Waals surface area contributed by atoms with E-state index in [0.717, 1.165) is 19.6 Å². The van der Waals surface area contributed by atoms with Gasteiger partial charge in [-0.2, -0.15) is 8.78 Å². The van der Waals surface area contributed by atoms with Crippen LogP contribution in [0.25, 0.3) is 6.08 Å². The molecule has 0 unspecified atom stereocenters. The van der Waals surface area contributed by atoms with Crippen molar-refractivity contribution in [2.24, 2.45) is 0 Å². The highest BCUT2D eigenvalue weighted by Crippen LogP contribution is 2.21. The molecule has 1 saturated heterocycles. The first-order valence-electron chi connectivity index (χ1n) is 9.30. The van der Waals surface area contributed by atoms with Crippen LogP contribution in [-0.4, -0.2) is 48.5 Å². The molecule has 0 aliphatic carbocycles. The van der Waals surface area contributed by atoms with E-state index in [4.69, 9.17) is 0 Å². The topological polar surface area (TPSA) is 32.8 Å². The molecule has 1 heterocycles. The second-order valence-electron chi connectivity index (χ2n) is 6.78. The van der Waals surface area contributed by atoms with Gasteiger partial charge in [-0.1, -0.05) is 42.5 Å². The molecule has 2 aromatic carbocycles. The minimum atomic E-state index is -2.90. The van der Waals surface area contributed by atoms with Gasteiger partial charge in [-0.25, -0.2) is 0 Å². The molecular weight excluding hydrogens is 362 g/mol. The van der Waals surface area contributed by atoms with Crippen molar-refractivity contribution < 1.29 is 18.3 Å². The van der Waals surface area contributed by atoms with E-state index in [2.05, 4.69) is 28.7 Å². The maximum Gasteiger partial charge on any atom is 0.387 e. The van der Waals surface area contributed by atoms with Gasteiger partial charge in [0.1, 0.15) is 5.75 Å². The van der Waals surface area contributed by atoms with E-state index in [1.807, 2.05) is 12.1 Å². The SMILES string of the molecule is Cc1ccccc1CN1CCN(C(=O)C=Cc2ccccc2OC(F)F)CC1. The Labute approximate surface area is 164 Å². The number of aryl methyl sites for hydroxylation is 1. The average molecular weight is 386 g/mol. The summed E-state index contributed by atoms with van der Waals surface area (Å²) in [6, 6.07) is 14.7. The summed E-state index contributed by atoms with van der Waals surface area (Å²) >= 11 is 0. The number of hydrogen-bond donors (Lipinski definition) is 0. The summed E-state index contributed by atoms with van der Waals surface area (Å²) in [6.07, 6.45) is 2.95. The molecule has 1 fully saturated rings. The zero-order valence-corrected chi connectivity index (χ0v) is 15.9. The van der Waals surface area contributed by atoms with Crippen LogP contribution in [-0.2, 0) is 11.3 Å². The molecular formula is C22H24F2N2O2. The van der Waals surface area contributed by atoms with E-state index >= 15 is 0 Å². The van der Waals surface area contributed by atoms with Crippen molar-refractivity contribution in [2.45, 2.75) is 20.1 Å². The number of benzene rings is 2. The lowest BCUT2D eigenvalue weighted by Crippen LogP contribution is -2.47. The first kappa shape index (κ1) is 20.0. The van der Waals surface area contributed by atoms with Crippen molar-refractivity contribution >= 4 is 12.0 Å². The number of amides is 1. The van der Waals surface area contributed by atoms with Gasteiger partial charge >= 0.3 is 6.61 Å².